The summed E-state index contributed by atoms with van der Waals surface area (Å²) >= 11 is 11.0. The molecule has 0 bridgehead atoms. The molecule has 0 radical (unpaired) electrons. The molecule has 0 amide bonds. The molecule has 1 aromatic heterocycles. The summed E-state index contributed by atoms with van der Waals surface area (Å²) in [4.78, 5) is 10.1. The van der Waals surface area contributed by atoms with E-state index in [-0.39, 0.29) is 0 Å². The van der Waals surface area contributed by atoms with Crippen molar-refractivity contribution in [2.24, 2.45) is 0 Å². The van der Waals surface area contributed by atoms with E-state index in [1.165, 1.54) is 12.8 Å². The van der Waals surface area contributed by atoms with Gasteiger partial charge in [0, 0.05) is 15.8 Å². The highest BCUT2D eigenvalue weighted by Gasteiger charge is 2.28. The fourth-order valence-electron chi connectivity index (χ4n) is 1.90. The number of nitrogens with two attached hydrogens (primary N) is 1. The SMILES string of the molecule is Nc1nc(CSc2ccc(Cl)cc2)nc(C2CC2)c1Br. The predicted octanol–water partition coefficient (Wildman–Crippen LogP) is 4.64. The molecule has 0 unspecified atom stereocenters. The van der Waals surface area contributed by atoms with Crippen LogP contribution in [0.25, 0.3) is 0 Å². The molecule has 0 atom stereocenters. The van der Waals surface area contributed by atoms with Crippen LogP contribution in [0, 0.1) is 0 Å². The van der Waals surface area contributed by atoms with Gasteiger partial charge < -0.3 is 5.73 Å². The largest absolute Gasteiger partial charge is 0.383 e. The Morgan fingerprint density at radius 2 is 1.95 bits per heavy atom. The van der Waals surface area contributed by atoms with E-state index >= 15 is 0 Å². The van der Waals surface area contributed by atoms with Crippen LogP contribution in [-0.4, -0.2) is 9.97 Å². The Morgan fingerprint density at radius 1 is 1.25 bits per heavy atom. The second-order valence-corrected chi connectivity index (χ2v) is 7.02. The molecule has 1 aromatic carbocycles. The minimum atomic E-state index is 0.536. The van der Waals surface area contributed by atoms with Gasteiger partial charge in [0.05, 0.1) is 15.9 Å². The van der Waals surface area contributed by atoms with Crippen molar-refractivity contribution in [2.75, 3.05) is 5.73 Å². The first-order valence-corrected chi connectivity index (χ1v) is 8.49. The summed E-state index contributed by atoms with van der Waals surface area (Å²) in [6, 6.07) is 7.76. The number of hydrogen-bond acceptors (Lipinski definition) is 4. The van der Waals surface area contributed by atoms with Crippen LogP contribution in [0.15, 0.2) is 33.6 Å². The van der Waals surface area contributed by atoms with Gasteiger partial charge in [0.2, 0.25) is 0 Å². The fourth-order valence-corrected chi connectivity index (χ4v) is 3.28. The lowest BCUT2D eigenvalue weighted by atomic mass is 10.3. The van der Waals surface area contributed by atoms with Crippen molar-refractivity contribution in [3.8, 4) is 0 Å². The van der Waals surface area contributed by atoms with E-state index in [0.29, 0.717) is 17.5 Å². The van der Waals surface area contributed by atoms with Crippen LogP contribution in [0.5, 0.6) is 0 Å². The molecule has 3 nitrogen and oxygen atoms in total. The summed E-state index contributed by atoms with van der Waals surface area (Å²) in [6.07, 6.45) is 2.39. The number of benzene rings is 1. The van der Waals surface area contributed by atoms with E-state index in [0.717, 1.165) is 25.9 Å². The molecular weight excluding hydrogens is 358 g/mol. The Bertz CT molecular complexity index is 629. The summed E-state index contributed by atoms with van der Waals surface area (Å²) in [7, 11) is 0. The van der Waals surface area contributed by atoms with Gasteiger partial charge >= 0.3 is 0 Å². The van der Waals surface area contributed by atoms with Gasteiger partial charge in [-0.15, -0.1) is 11.8 Å². The summed E-state index contributed by atoms with van der Waals surface area (Å²) in [5.74, 6) is 2.58. The van der Waals surface area contributed by atoms with Crippen LogP contribution < -0.4 is 5.73 Å². The quantitative estimate of drug-likeness (QED) is 0.796. The van der Waals surface area contributed by atoms with E-state index < -0.39 is 0 Å². The first-order chi connectivity index (χ1) is 9.63. The molecule has 0 saturated heterocycles. The molecular formula is C14H13BrClN3S. The minimum Gasteiger partial charge on any atom is -0.383 e. The highest BCUT2D eigenvalue weighted by atomic mass is 79.9. The Kier molecular flexibility index (Phi) is 4.19. The lowest BCUT2D eigenvalue weighted by Gasteiger charge is -2.08. The van der Waals surface area contributed by atoms with Crippen LogP contribution in [-0.2, 0) is 5.75 Å². The average molecular weight is 371 g/mol. The van der Waals surface area contributed by atoms with Crippen molar-refractivity contribution in [1.82, 2.24) is 9.97 Å². The molecule has 6 heteroatoms. The first-order valence-electron chi connectivity index (χ1n) is 6.33. The average Bonchev–Trinajstić information content (AvgIpc) is 3.26. The van der Waals surface area contributed by atoms with E-state index in [1.807, 2.05) is 24.3 Å². The molecule has 0 spiro atoms. The van der Waals surface area contributed by atoms with Gasteiger partial charge in [0.15, 0.2) is 0 Å². The number of halogens is 2. The minimum absolute atomic E-state index is 0.536. The highest BCUT2D eigenvalue weighted by molar-refractivity contribution is 9.10. The molecule has 1 heterocycles. The Labute approximate surface area is 135 Å². The molecule has 0 aliphatic heterocycles. The lowest BCUT2D eigenvalue weighted by Crippen LogP contribution is -2.04. The fraction of sp³-hybridized carbons (Fsp3) is 0.286. The number of rotatable bonds is 4. The Morgan fingerprint density at radius 3 is 2.60 bits per heavy atom. The van der Waals surface area contributed by atoms with Crippen LogP contribution in [0.2, 0.25) is 5.02 Å². The summed E-state index contributed by atoms with van der Waals surface area (Å²) in [6.45, 7) is 0. The second-order valence-electron chi connectivity index (χ2n) is 4.74. The number of hydrogen-bond donors (Lipinski definition) is 1. The molecule has 2 N–H and O–H groups in total. The summed E-state index contributed by atoms with van der Waals surface area (Å²) in [5.41, 5.74) is 7.01. The van der Waals surface area contributed by atoms with Crippen molar-refractivity contribution in [3.63, 3.8) is 0 Å². The van der Waals surface area contributed by atoms with Crippen molar-refractivity contribution in [2.45, 2.75) is 29.4 Å². The Hall–Kier alpha value is -0.780. The van der Waals surface area contributed by atoms with Gasteiger partial charge in [0.25, 0.3) is 0 Å². The van der Waals surface area contributed by atoms with E-state index in [2.05, 4.69) is 25.9 Å². The van der Waals surface area contributed by atoms with E-state index in [9.17, 15) is 0 Å². The zero-order valence-electron chi connectivity index (χ0n) is 10.6. The molecule has 1 aliphatic carbocycles. The van der Waals surface area contributed by atoms with Gasteiger partial charge in [-0.2, -0.15) is 0 Å². The maximum atomic E-state index is 5.95. The van der Waals surface area contributed by atoms with Gasteiger partial charge in [0.1, 0.15) is 11.6 Å². The van der Waals surface area contributed by atoms with Crippen molar-refractivity contribution >= 4 is 45.1 Å². The van der Waals surface area contributed by atoms with Crippen LogP contribution >= 0.6 is 39.3 Å². The molecule has 1 aliphatic rings. The topological polar surface area (TPSA) is 51.8 Å². The number of nitrogen functional groups attached to an aromatic ring is 1. The number of nitrogens with zero attached hydrogens (tertiary/aromatic N) is 2. The van der Waals surface area contributed by atoms with Gasteiger partial charge in [-0.3, -0.25) is 0 Å². The molecule has 1 fully saturated rings. The smallest absolute Gasteiger partial charge is 0.141 e. The highest BCUT2D eigenvalue weighted by Crippen LogP contribution is 2.43. The second kappa shape index (κ2) is 5.92. The van der Waals surface area contributed by atoms with Crippen molar-refractivity contribution < 1.29 is 0 Å². The number of anilines is 1. The van der Waals surface area contributed by atoms with E-state index in [1.54, 1.807) is 11.8 Å². The predicted molar refractivity (Wildman–Crippen MR) is 87.1 cm³/mol. The monoisotopic (exact) mass is 369 g/mol. The molecule has 104 valence electrons. The molecule has 2 aromatic rings. The molecule has 3 rings (SSSR count). The zero-order chi connectivity index (χ0) is 14.1. The molecule has 1 saturated carbocycles. The first kappa shape index (κ1) is 14.2. The van der Waals surface area contributed by atoms with Crippen LogP contribution in [0.4, 0.5) is 5.82 Å². The Balaban J connectivity index is 1.75. The van der Waals surface area contributed by atoms with Crippen molar-refractivity contribution in [3.05, 3.63) is 45.3 Å². The van der Waals surface area contributed by atoms with Gasteiger partial charge in [-0.05, 0) is 53.0 Å². The number of aromatic nitrogens is 2. The maximum Gasteiger partial charge on any atom is 0.141 e. The van der Waals surface area contributed by atoms with Gasteiger partial charge in [-0.25, -0.2) is 9.97 Å². The summed E-state index contributed by atoms with van der Waals surface area (Å²) in [5, 5.41) is 0.745. The third-order valence-electron chi connectivity index (χ3n) is 3.09. The van der Waals surface area contributed by atoms with Crippen molar-refractivity contribution in [1.29, 1.82) is 0 Å². The third-order valence-corrected chi connectivity index (χ3v) is 5.17. The standard InChI is InChI=1S/C14H13BrClN3S/c15-12-13(8-1-2-8)18-11(19-14(12)17)7-20-10-5-3-9(16)4-6-10/h3-6,8H,1-2,7H2,(H2,17,18,19). The third kappa shape index (κ3) is 3.27. The normalized spacial score (nSPS) is 14.5. The van der Waals surface area contributed by atoms with Crippen LogP contribution in [0.3, 0.4) is 0 Å². The summed E-state index contributed by atoms with van der Waals surface area (Å²) < 4.78 is 0.861. The molecule has 20 heavy (non-hydrogen) atoms. The number of thioether (sulfide) groups is 1. The lowest BCUT2D eigenvalue weighted by molar-refractivity contribution is 0.926. The zero-order valence-corrected chi connectivity index (χ0v) is 13.8. The maximum absolute atomic E-state index is 5.95. The van der Waals surface area contributed by atoms with Crippen LogP contribution in [0.1, 0.15) is 30.3 Å². The van der Waals surface area contributed by atoms with Gasteiger partial charge in [-0.1, -0.05) is 11.6 Å². The van der Waals surface area contributed by atoms with E-state index in [4.69, 9.17) is 17.3 Å².